The minimum atomic E-state index is 0.162. The van der Waals surface area contributed by atoms with Gasteiger partial charge in [0.2, 0.25) is 0 Å². The van der Waals surface area contributed by atoms with Gasteiger partial charge in [0.1, 0.15) is 0 Å². The Morgan fingerprint density at radius 2 is 2.00 bits per heavy atom. The highest BCUT2D eigenvalue weighted by Crippen LogP contribution is 2.33. The number of pyridine rings is 1. The van der Waals surface area contributed by atoms with Gasteiger partial charge in [-0.1, -0.05) is 19.3 Å². The number of nitrogens with two attached hydrogens (primary N) is 1. The normalized spacial score (nSPS) is 20.1. The lowest BCUT2D eigenvalue weighted by Crippen LogP contribution is -2.23. The van der Waals surface area contributed by atoms with Gasteiger partial charge in [0.25, 0.3) is 0 Å². The molecule has 1 aliphatic carbocycles. The fourth-order valence-corrected chi connectivity index (χ4v) is 2.76. The zero-order valence-electron chi connectivity index (χ0n) is 8.82. The second-order valence-corrected chi connectivity index (χ2v) is 5.28. The molecule has 0 spiro atoms. The molecule has 2 rings (SSSR count). The summed E-state index contributed by atoms with van der Waals surface area (Å²) >= 11 is 3.44. The summed E-state index contributed by atoms with van der Waals surface area (Å²) in [5.41, 5.74) is 7.44. The average molecular weight is 269 g/mol. The van der Waals surface area contributed by atoms with E-state index in [1.165, 1.54) is 32.1 Å². The van der Waals surface area contributed by atoms with Gasteiger partial charge < -0.3 is 5.73 Å². The van der Waals surface area contributed by atoms with Crippen molar-refractivity contribution in [3.05, 3.63) is 28.5 Å². The highest BCUT2D eigenvalue weighted by atomic mass is 79.9. The van der Waals surface area contributed by atoms with E-state index in [-0.39, 0.29) is 6.04 Å². The maximum atomic E-state index is 6.28. The van der Waals surface area contributed by atoms with Crippen molar-refractivity contribution >= 4 is 15.9 Å². The van der Waals surface area contributed by atoms with Crippen LogP contribution in [0.25, 0.3) is 0 Å². The van der Waals surface area contributed by atoms with Crippen LogP contribution in [0.5, 0.6) is 0 Å². The third-order valence-corrected chi connectivity index (χ3v) is 3.70. The molecule has 0 unspecified atom stereocenters. The molecule has 1 heterocycles. The van der Waals surface area contributed by atoms with Crippen molar-refractivity contribution in [3.8, 4) is 0 Å². The third kappa shape index (κ3) is 2.79. The number of hydrogen-bond acceptors (Lipinski definition) is 2. The van der Waals surface area contributed by atoms with E-state index in [9.17, 15) is 0 Å². The molecule has 15 heavy (non-hydrogen) atoms. The average Bonchev–Trinajstić information content (AvgIpc) is 2.29. The molecule has 1 atom stereocenters. The molecule has 0 radical (unpaired) electrons. The summed E-state index contributed by atoms with van der Waals surface area (Å²) in [5, 5.41) is 0. The van der Waals surface area contributed by atoms with Crippen LogP contribution in [0, 0.1) is 5.92 Å². The van der Waals surface area contributed by atoms with Crippen molar-refractivity contribution in [3.63, 3.8) is 0 Å². The Hall–Kier alpha value is -0.410. The van der Waals surface area contributed by atoms with Crippen molar-refractivity contribution < 1.29 is 0 Å². The molecular formula is C12H17BrN2. The highest BCUT2D eigenvalue weighted by Gasteiger charge is 2.21. The van der Waals surface area contributed by atoms with E-state index < -0.39 is 0 Å². The van der Waals surface area contributed by atoms with E-state index in [0.29, 0.717) is 5.92 Å². The van der Waals surface area contributed by atoms with Crippen LogP contribution in [0.1, 0.15) is 43.7 Å². The van der Waals surface area contributed by atoms with Crippen molar-refractivity contribution in [2.24, 2.45) is 11.7 Å². The van der Waals surface area contributed by atoms with Gasteiger partial charge in [-0.25, -0.2) is 0 Å². The summed E-state index contributed by atoms with van der Waals surface area (Å²) in [5.74, 6) is 0.648. The van der Waals surface area contributed by atoms with Crippen molar-refractivity contribution in [2.45, 2.75) is 38.1 Å². The Labute approximate surface area is 99.4 Å². The van der Waals surface area contributed by atoms with Gasteiger partial charge in [-0.2, -0.15) is 0 Å². The van der Waals surface area contributed by atoms with Gasteiger partial charge >= 0.3 is 0 Å². The Morgan fingerprint density at radius 3 is 2.67 bits per heavy atom. The Kier molecular flexibility index (Phi) is 3.76. The molecule has 82 valence electrons. The van der Waals surface area contributed by atoms with Gasteiger partial charge in [-0.3, -0.25) is 4.98 Å². The molecule has 1 aromatic rings. The number of aromatic nitrogens is 1. The summed E-state index contributed by atoms with van der Waals surface area (Å²) in [6.07, 6.45) is 10.3. The predicted octanol–water partition coefficient (Wildman–Crippen LogP) is 3.42. The van der Waals surface area contributed by atoms with Crippen LogP contribution >= 0.6 is 15.9 Å². The molecular weight excluding hydrogens is 252 g/mol. The molecule has 2 nitrogen and oxygen atoms in total. The van der Waals surface area contributed by atoms with Gasteiger partial charge in [-0.15, -0.1) is 0 Å². The Balaban J connectivity index is 2.08. The number of nitrogens with zero attached hydrogens (tertiary/aromatic N) is 1. The number of halogens is 1. The van der Waals surface area contributed by atoms with Crippen LogP contribution in [0.4, 0.5) is 0 Å². The summed E-state index contributed by atoms with van der Waals surface area (Å²) < 4.78 is 1.02. The second-order valence-electron chi connectivity index (χ2n) is 4.36. The smallest absolute Gasteiger partial charge is 0.0410 e. The van der Waals surface area contributed by atoms with Crippen LogP contribution in [0.15, 0.2) is 22.9 Å². The molecule has 2 N–H and O–H groups in total. The van der Waals surface area contributed by atoms with E-state index in [1.807, 2.05) is 6.20 Å². The van der Waals surface area contributed by atoms with Crippen molar-refractivity contribution in [1.29, 1.82) is 0 Å². The van der Waals surface area contributed by atoms with Gasteiger partial charge in [0, 0.05) is 22.9 Å². The predicted molar refractivity (Wildman–Crippen MR) is 65.4 cm³/mol. The van der Waals surface area contributed by atoms with Crippen molar-refractivity contribution in [2.75, 3.05) is 0 Å². The summed E-state index contributed by atoms with van der Waals surface area (Å²) in [4.78, 5) is 4.17. The van der Waals surface area contributed by atoms with Crippen molar-refractivity contribution in [1.82, 2.24) is 4.98 Å². The summed E-state index contributed by atoms with van der Waals surface area (Å²) in [6.45, 7) is 0. The first kappa shape index (κ1) is 11.1. The minimum Gasteiger partial charge on any atom is -0.324 e. The minimum absolute atomic E-state index is 0.162. The van der Waals surface area contributed by atoms with E-state index in [4.69, 9.17) is 5.73 Å². The molecule has 0 aliphatic heterocycles. The molecule has 3 heteroatoms. The van der Waals surface area contributed by atoms with Gasteiger partial charge in [-0.05, 0) is 46.3 Å². The first-order valence-electron chi connectivity index (χ1n) is 5.63. The van der Waals surface area contributed by atoms with E-state index in [2.05, 4.69) is 27.0 Å². The molecule has 0 amide bonds. The quantitative estimate of drug-likeness (QED) is 0.893. The maximum absolute atomic E-state index is 6.28. The SMILES string of the molecule is N[C@@H](c1cncc(Br)c1)C1CCCCC1. The first-order chi connectivity index (χ1) is 7.27. The molecule has 1 aromatic heterocycles. The fourth-order valence-electron chi connectivity index (χ4n) is 2.38. The fraction of sp³-hybridized carbons (Fsp3) is 0.583. The van der Waals surface area contributed by atoms with E-state index in [1.54, 1.807) is 6.20 Å². The lowest BCUT2D eigenvalue weighted by molar-refractivity contribution is 0.308. The zero-order chi connectivity index (χ0) is 10.7. The zero-order valence-corrected chi connectivity index (χ0v) is 10.4. The van der Waals surface area contributed by atoms with Crippen LogP contribution in [-0.4, -0.2) is 4.98 Å². The van der Waals surface area contributed by atoms with E-state index >= 15 is 0 Å². The maximum Gasteiger partial charge on any atom is 0.0410 e. The lowest BCUT2D eigenvalue weighted by Gasteiger charge is -2.27. The highest BCUT2D eigenvalue weighted by molar-refractivity contribution is 9.10. The second kappa shape index (κ2) is 5.08. The third-order valence-electron chi connectivity index (χ3n) is 3.27. The summed E-state index contributed by atoms with van der Waals surface area (Å²) in [7, 11) is 0. The number of hydrogen-bond donors (Lipinski definition) is 1. The Bertz CT molecular complexity index is 321. The molecule has 1 fully saturated rings. The topological polar surface area (TPSA) is 38.9 Å². The number of rotatable bonds is 2. The molecule has 0 saturated heterocycles. The standard InChI is InChI=1S/C12H17BrN2/c13-11-6-10(7-15-8-11)12(14)9-4-2-1-3-5-9/h6-9,12H,1-5,14H2/t12-/m1/s1. The molecule has 0 bridgehead atoms. The molecule has 1 saturated carbocycles. The van der Waals surface area contributed by atoms with Crippen LogP contribution in [0.2, 0.25) is 0 Å². The van der Waals surface area contributed by atoms with Crippen LogP contribution in [-0.2, 0) is 0 Å². The lowest BCUT2D eigenvalue weighted by atomic mass is 9.82. The van der Waals surface area contributed by atoms with Crippen LogP contribution in [0.3, 0.4) is 0 Å². The van der Waals surface area contributed by atoms with Crippen LogP contribution < -0.4 is 5.73 Å². The summed E-state index contributed by atoms with van der Waals surface area (Å²) in [6, 6.07) is 2.25. The largest absolute Gasteiger partial charge is 0.324 e. The van der Waals surface area contributed by atoms with E-state index in [0.717, 1.165) is 10.0 Å². The monoisotopic (exact) mass is 268 g/mol. The van der Waals surface area contributed by atoms with Gasteiger partial charge in [0.05, 0.1) is 0 Å². The molecule has 0 aromatic carbocycles. The van der Waals surface area contributed by atoms with Gasteiger partial charge in [0.15, 0.2) is 0 Å². The molecule has 1 aliphatic rings. The first-order valence-corrected chi connectivity index (χ1v) is 6.42. The Morgan fingerprint density at radius 1 is 1.27 bits per heavy atom.